The Labute approximate surface area is 490 Å². The van der Waals surface area contributed by atoms with Crippen molar-refractivity contribution in [3.63, 3.8) is 0 Å². The first kappa shape index (κ1) is 75.6. The van der Waals surface area contributed by atoms with Gasteiger partial charge in [-0.05, 0) is 89.9 Å². The van der Waals surface area contributed by atoms with Gasteiger partial charge in [-0.2, -0.15) is 0 Å². The molecule has 0 aromatic heterocycles. The van der Waals surface area contributed by atoms with Crippen molar-refractivity contribution < 1.29 is 28.6 Å². The van der Waals surface area contributed by atoms with Crippen molar-refractivity contribution in [2.75, 3.05) is 13.2 Å². The Morgan fingerprint density at radius 2 is 0.494 bits per heavy atom. The van der Waals surface area contributed by atoms with E-state index in [1.54, 1.807) is 0 Å². The van der Waals surface area contributed by atoms with E-state index in [2.05, 4.69) is 106 Å². The molecule has 79 heavy (non-hydrogen) atoms. The van der Waals surface area contributed by atoms with Gasteiger partial charge in [0.2, 0.25) is 0 Å². The average Bonchev–Trinajstić information content (AvgIpc) is 3.45. The highest BCUT2D eigenvalue weighted by Crippen LogP contribution is 2.18. The quantitative estimate of drug-likeness (QED) is 0.0261. The molecule has 0 amide bonds. The molecule has 0 saturated heterocycles. The van der Waals surface area contributed by atoms with Crippen LogP contribution >= 0.6 is 0 Å². The second-order valence-electron chi connectivity index (χ2n) is 22.7. The molecule has 0 aromatic rings. The molecular formula is C73H128O6. The van der Waals surface area contributed by atoms with Crippen LogP contribution in [-0.4, -0.2) is 37.2 Å². The fourth-order valence-corrected chi connectivity index (χ4v) is 9.86. The summed E-state index contributed by atoms with van der Waals surface area (Å²) in [6.45, 7) is 6.43. The molecule has 0 bridgehead atoms. The minimum Gasteiger partial charge on any atom is -0.462 e. The normalized spacial score (nSPS) is 12.6. The number of carbonyl (C=O) groups excluding carboxylic acids is 3. The summed E-state index contributed by atoms with van der Waals surface area (Å²) in [4.78, 5) is 38.3. The Balaban J connectivity index is 4.12. The highest BCUT2D eigenvalue weighted by Gasteiger charge is 2.19. The number of unbranched alkanes of at least 4 members (excludes halogenated alkanes) is 37. The Morgan fingerprint density at radius 1 is 0.266 bits per heavy atom. The van der Waals surface area contributed by atoms with Gasteiger partial charge in [0.1, 0.15) is 13.2 Å². The fraction of sp³-hybridized carbons (Fsp3) is 0.767. The number of allylic oxidation sites excluding steroid dienone is 14. The summed E-state index contributed by atoms with van der Waals surface area (Å²) < 4.78 is 16.9. The molecule has 0 aliphatic heterocycles. The standard InChI is InChI=1S/C73H128O6/c1-4-7-10-13-16-19-22-25-27-28-29-30-31-32-33-34-35-36-37-38-39-40-41-42-43-44-46-48-51-54-57-60-63-66-72(75)78-69-70(68-77-71(74)65-62-59-56-53-50-47-24-21-18-15-12-9-6-3)79-73(76)67-64-61-58-55-52-49-45-26-23-20-17-14-11-8-5-2/h7,9-10,12,16,18-19,21,25,27,29-30,47,50,70H,4-6,8,11,13-15,17,20,22-24,26,28,31-46,48-49,51-69H2,1-3H3/b10-7-,12-9-,19-16-,21-18-,27-25-,30-29-,50-47-. The lowest BCUT2D eigenvalue weighted by molar-refractivity contribution is -0.167. The summed E-state index contributed by atoms with van der Waals surface area (Å²) in [5, 5.41) is 0. The molecule has 0 aromatic carbocycles. The van der Waals surface area contributed by atoms with Crippen LogP contribution in [0.15, 0.2) is 85.1 Å². The van der Waals surface area contributed by atoms with Crippen LogP contribution in [0.4, 0.5) is 0 Å². The first-order valence-electron chi connectivity index (χ1n) is 34.1. The van der Waals surface area contributed by atoms with Gasteiger partial charge in [-0.1, -0.05) is 318 Å². The molecule has 0 radical (unpaired) electrons. The zero-order chi connectivity index (χ0) is 57.1. The number of rotatable bonds is 62. The molecular weight excluding hydrogens is 973 g/mol. The zero-order valence-corrected chi connectivity index (χ0v) is 52.4. The van der Waals surface area contributed by atoms with E-state index < -0.39 is 6.10 Å². The molecule has 0 aliphatic rings. The third-order valence-electron chi connectivity index (χ3n) is 14.9. The molecule has 0 fully saturated rings. The van der Waals surface area contributed by atoms with Gasteiger partial charge >= 0.3 is 17.9 Å². The van der Waals surface area contributed by atoms with Gasteiger partial charge in [-0.15, -0.1) is 0 Å². The van der Waals surface area contributed by atoms with E-state index in [0.717, 1.165) is 109 Å². The third-order valence-corrected chi connectivity index (χ3v) is 14.9. The topological polar surface area (TPSA) is 78.9 Å². The van der Waals surface area contributed by atoms with Gasteiger partial charge in [-0.25, -0.2) is 0 Å². The van der Waals surface area contributed by atoms with E-state index in [0.29, 0.717) is 19.3 Å². The fourth-order valence-electron chi connectivity index (χ4n) is 9.86. The highest BCUT2D eigenvalue weighted by atomic mass is 16.6. The van der Waals surface area contributed by atoms with E-state index in [4.69, 9.17) is 14.2 Å². The Bertz CT molecular complexity index is 1500. The minimum atomic E-state index is -0.785. The number of esters is 3. The predicted octanol–water partition coefficient (Wildman–Crippen LogP) is 23.4. The van der Waals surface area contributed by atoms with E-state index >= 15 is 0 Å². The maximum atomic E-state index is 12.9. The van der Waals surface area contributed by atoms with Gasteiger partial charge < -0.3 is 14.2 Å². The zero-order valence-electron chi connectivity index (χ0n) is 52.4. The lowest BCUT2D eigenvalue weighted by Crippen LogP contribution is -2.30. The number of carbonyl (C=O) groups is 3. The lowest BCUT2D eigenvalue weighted by Gasteiger charge is -2.18. The van der Waals surface area contributed by atoms with Crippen molar-refractivity contribution in [1.29, 1.82) is 0 Å². The number of hydrogen-bond donors (Lipinski definition) is 0. The van der Waals surface area contributed by atoms with Crippen LogP contribution in [-0.2, 0) is 28.6 Å². The summed E-state index contributed by atoms with van der Waals surface area (Å²) in [6.07, 6.45) is 89.1. The van der Waals surface area contributed by atoms with Crippen molar-refractivity contribution in [3.8, 4) is 0 Å². The maximum Gasteiger partial charge on any atom is 0.306 e. The van der Waals surface area contributed by atoms with E-state index in [1.165, 1.54) is 193 Å². The largest absolute Gasteiger partial charge is 0.462 e. The van der Waals surface area contributed by atoms with Gasteiger partial charge in [0.25, 0.3) is 0 Å². The lowest BCUT2D eigenvalue weighted by atomic mass is 10.0. The van der Waals surface area contributed by atoms with Crippen LogP contribution < -0.4 is 0 Å². The summed E-state index contributed by atoms with van der Waals surface area (Å²) in [6, 6.07) is 0. The van der Waals surface area contributed by atoms with Gasteiger partial charge in [0, 0.05) is 19.3 Å². The SMILES string of the molecule is CC/C=C\C/C=C\C/C=C\C/C=C\CCCCCCCCCCCCCCCCCCCCCCC(=O)OCC(COC(=O)CCCCC/C=C\C/C=C\C/C=C\CC)OC(=O)CCCCCCCCCCCCCCCCC. The average molecular weight is 1100 g/mol. The van der Waals surface area contributed by atoms with Crippen molar-refractivity contribution in [3.05, 3.63) is 85.1 Å². The summed E-state index contributed by atoms with van der Waals surface area (Å²) >= 11 is 0. The van der Waals surface area contributed by atoms with Crippen LogP contribution in [0.1, 0.15) is 342 Å². The molecule has 0 N–H and O–H groups in total. The molecule has 456 valence electrons. The molecule has 0 saturated carbocycles. The number of ether oxygens (including phenoxy) is 3. The molecule has 6 nitrogen and oxygen atoms in total. The van der Waals surface area contributed by atoms with E-state index in [1.807, 2.05) is 0 Å². The summed E-state index contributed by atoms with van der Waals surface area (Å²) in [5.41, 5.74) is 0. The minimum absolute atomic E-state index is 0.0804. The monoisotopic (exact) mass is 1100 g/mol. The molecule has 0 rings (SSSR count). The Morgan fingerprint density at radius 3 is 0.785 bits per heavy atom. The molecule has 0 spiro atoms. The smallest absolute Gasteiger partial charge is 0.306 e. The first-order valence-corrected chi connectivity index (χ1v) is 34.1. The van der Waals surface area contributed by atoms with Crippen molar-refractivity contribution in [1.82, 2.24) is 0 Å². The molecule has 1 atom stereocenters. The predicted molar refractivity (Wildman–Crippen MR) is 344 cm³/mol. The van der Waals surface area contributed by atoms with Crippen molar-refractivity contribution in [2.24, 2.45) is 0 Å². The maximum absolute atomic E-state index is 12.9. The summed E-state index contributed by atoms with van der Waals surface area (Å²) in [5.74, 6) is -0.892. The van der Waals surface area contributed by atoms with Crippen LogP contribution in [0.2, 0.25) is 0 Å². The van der Waals surface area contributed by atoms with Gasteiger partial charge in [0.15, 0.2) is 6.10 Å². The summed E-state index contributed by atoms with van der Waals surface area (Å²) in [7, 11) is 0. The van der Waals surface area contributed by atoms with E-state index in [9.17, 15) is 14.4 Å². The van der Waals surface area contributed by atoms with Crippen LogP contribution in [0.3, 0.4) is 0 Å². The van der Waals surface area contributed by atoms with E-state index in [-0.39, 0.29) is 31.1 Å². The second-order valence-corrected chi connectivity index (χ2v) is 22.7. The molecule has 0 heterocycles. The van der Waals surface area contributed by atoms with Crippen molar-refractivity contribution in [2.45, 2.75) is 348 Å². The second kappa shape index (κ2) is 67.1. The Hall–Kier alpha value is -3.41. The van der Waals surface area contributed by atoms with Crippen LogP contribution in [0, 0.1) is 0 Å². The number of hydrogen-bond acceptors (Lipinski definition) is 6. The van der Waals surface area contributed by atoms with Crippen molar-refractivity contribution >= 4 is 17.9 Å². The highest BCUT2D eigenvalue weighted by molar-refractivity contribution is 5.71. The van der Waals surface area contributed by atoms with Crippen LogP contribution in [0.25, 0.3) is 0 Å². The molecule has 6 heteroatoms. The molecule has 1 unspecified atom stereocenters. The third kappa shape index (κ3) is 65.3. The van der Waals surface area contributed by atoms with Gasteiger partial charge in [0.05, 0.1) is 0 Å². The Kier molecular flexibility index (Phi) is 64.2. The first-order chi connectivity index (χ1) is 39.0. The molecule has 0 aliphatic carbocycles. The van der Waals surface area contributed by atoms with Gasteiger partial charge in [-0.3, -0.25) is 14.4 Å². The van der Waals surface area contributed by atoms with Crippen LogP contribution in [0.5, 0.6) is 0 Å².